The Kier molecular flexibility index (Phi) is 4.52. The van der Waals surface area contributed by atoms with Crippen LogP contribution in [0, 0.1) is 5.92 Å². The fourth-order valence-electron chi connectivity index (χ4n) is 2.64. The SMILES string of the molecule is CC(C)(C)c1cc(C(=O)O)cc(N2CCC(CCO)C2)n1. The van der Waals surface area contributed by atoms with E-state index in [-0.39, 0.29) is 17.6 Å². The molecule has 21 heavy (non-hydrogen) atoms. The zero-order valence-corrected chi connectivity index (χ0v) is 13.0. The number of rotatable bonds is 4. The summed E-state index contributed by atoms with van der Waals surface area (Å²) in [7, 11) is 0. The molecular weight excluding hydrogens is 268 g/mol. The number of pyridine rings is 1. The van der Waals surface area contributed by atoms with Crippen LogP contribution in [0.1, 0.15) is 49.7 Å². The summed E-state index contributed by atoms with van der Waals surface area (Å²) >= 11 is 0. The van der Waals surface area contributed by atoms with Gasteiger partial charge in [-0.15, -0.1) is 0 Å². The molecule has 5 nitrogen and oxygen atoms in total. The lowest BCUT2D eigenvalue weighted by Gasteiger charge is -2.23. The van der Waals surface area contributed by atoms with Crippen molar-refractivity contribution in [2.75, 3.05) is 24.6 Å². The number of carboxylic acids is 1. The summed E-state index contributed by atoms with van der Waals surface area (Å²) in [5.74, 6) is 0.277. The number of aliphatic hydroxyl groups excluding tert-OH is 1. The van der Waals surface area contributed by atoms with E-state index in [2.05, 4.69) is 9.88 Å². The van der Waals surface area contributed by atoms with Gasteiger partial charge in [0.2, 0.25) is 0 Å². The molecule has 1 aromatic rings. The van der Waals surface area contributed by atoms with Crippen LogP contribution in [-0.4, -0.2) is 40.9 Å². The van der Waals surface area contributed by atoms with Gasteiger partial charge in [0.1, 0.15) is 5.82 Å². The predicted octanol–water partition coefficient (Wildman–Crippen LogP) is 2.29. The molecule has 1 atom stereocenters. The molecule has 0 aromatic carbocycles. The van der Waals surface area contributed by atoms with Gasteiger partial charge < -0.3 is 15.1 Å². The second kappa shape index (κ2) is 6.02. The third-order valence-electron chi connectivity index (χ3n) is 3.97. The number of anilines is 1. The summed E-state index contributed by atoms with van der Waals surface area (Å²) < 4.78 is 0. The summed E-state index contributed by atoms with van der Waals surface area (Å²) in [4.78, 5) is 18.1. The molecule has 2 N–H and O–H groups in total. The highest BCUT2D eigenvalue weighted by Crippen LogP contribution is 2.28. The number of aliphatic hydroxyl groups is 1. The second-order valence-electron chi connectivity index (χ2n) is 6.77. The third-order valence-corrected chi connectivity index (χ3v) is 3.97. The minimum absolute atomic E-state index is 0.190. The van der Waals surface area contributed by atoms with Crippen LogP contribution in [0.15, 0.2) is 12.1 Å². The van der Waals surface area contributed by atoms with Gasteiger partial charge in [-0.05, 0) is 30.9 Å². The third kappa shape index (κ3) is 3.73. The Bertz CT molecular complexity index is 523. The summed E-state index contributed by atoms with van der Waals surface area (Å²) in [5.41, 5.74) is 0.892. The van der Waals surface area contributed by atoms with Gasteiger partial charge in [0.05, 0.1) is 5.56 Å². The first kappa shape index (κ1) is 15.8. The van der Waals surface area contributed by atoms with Crippen LogP contribution >= 0.6 is 0 Å². The van der Waals surface area contributed by atoms with Crippen molar-refractivity contribution < 1.29 is 15.0 Å². The smallest absolute Gasteiger partial charge is 0.335 e. The van der Waals surface area contributed by atoms with Crippen molar-refractivity contribution in [3.05, 3.63) is 23.4 Å². The number of hydrogen-bond donors (Lipinski definition) is 2. The molecule has 2 rings (SSSR count). The van der Waals surface area contributed by atoms with Crippen molar-refractivity contribution in [3.63, 3.8) is 0 Å². The van der Waals surface area contributed by atoms with Gasteiger partial charge in [0.25, 0.3) is 0 Å². The molecule has 1 fully saturated rings. The number of nitrogens with zero attached hydrogens (tertiary/aromatic N) is 2. The number of aromatic carboxylic acids is 1. The fraction of sp³-hybridized carbons (Fsp3) is 0.625. The van der Waals surface area contributed by atoms with Crippen LogP contribution in [0.25, 0.3) is 0 Å². The molecule has 0 aliphatic carbocycles. The van der Waals surface area contributed by atoms with E-state index in [1.165, 1.54) is 0 Å². The number of aromatic nitrogens is 1. The normalized spacial score (nSPS) is 19.0. The molecule has 1 aliphatic heterocycles. The highest BCUT2D eigenvalue weighted by atomic mass is 16.4. The number of carbonyl (C=O) groups is 1. The van der Waals surface area contributed by atoms with Crippen molar-refractivity contribution in [2.24, 2.45) is 5.92 Å². The maximum atomic E-state index is 11.3. The van der Waals surface area contributed by atoms with Crippen LogP contribution in [-0.2, 0) is 5.41 Å². The molecular formula is C16H24N2O3. The molecule has 0 radical (unpaired) electrons. The largest absolute Gasteiger partial charge is 0.478 e. The molecule has 1 saturated heterocycles. The Labute approximate surface area is 125 Å². The highest BCUT2D eigenvalue weighted by molar-refractivity contribution is 5.88. The van der Waals surface area contributed by atoms with Gasteiger partial charge in [0.15, 0.2) is 0 Å². The van der Waals surface area contributed by atoms with E-state index < -0.39 is 5.97 Å². The van der Waals surface area contributed by atoms with E-state index in [0.717, 1.165) is 37.4 Å². The van der Waals surface area contributed by atoms with E-state index in [1.54, 1.807) is 12.1 Å². The Balaban J connectivity index is 2.31. The first-order chi connectivity index (χ1) is 9.81. The van der Waals surface area contributed by atoms with Crippen molar-refractivity contribution in [1.82, 2.24) is 4.98 Å². The van der Waals surface area contributed by atoms with Gasteiger partial charge in [-0.1, -0.05) is 20.8 Å². The standard InChI is InChI=1S/C16H24N2O3/c1-16(2,3)13-8-12(15(20)21)9-14(17-13)18-6-4-11(10-18)5-7-19/h8-9,11,19H,4-7,10H2,1-3H3,(H,20,21). The molecule has 116 valence electrons. The van der Waals surface area contributed by atoms with Crippen LogP contribution < -0.4 is 4.90 Å². The van der Waals surface area contributed by atoms with Gasteiger partial charge in [0, 0.05) is 30.8 Å². The Hall–Kier alpha value is -1.62. The average Bonchev–Trinajstić information content (AvgIpc) is 2.86. The summed E-state index contributed by atoms with van der Waals surface area (Å²) in [6.45, 7) is 7.99. The Morgan fingerprint density at radius 2 is 2.14 bits per heavy atom. The Morgan fingerprint density at radius 1 is 1.43 bits per heavy atom. The fourth-order valence-corrected chi connectivity index (χ4v) is 2.64. The average molecular weight is 292 g/mol. The lowest BCUT2D eigenvalue weighted by molar-refractivity contribution is 0.0696. The molecule has 5 heteroatoms. The Morgan fingerprint density at radius 3 is 2.71 bits per heavy atom. The van der Waals surface area contributed by atoms with Gasteiger partial charge in [-0.2, -0.15) is 0 Å². The molecule has 0 bridgehead atoms. The highest BCUT2D eigenvalue weighted by Gasteiger charge is 2.26. The van der Waals surface area contributed by atoms with Gasteiger partial charge in [-0.25, -0.2) is 9.78 Å². The maximum absolute atomic E-state index is 11.3. The van der Waals surface area contributed by atoms with E-state index in [9.17, 15) is 9.90 Å². The minimum atomic E-state index is -0.921. The molecule has 1 aliphatic rings. The molecule has 0 spiro atoms. The zero-order valence-electron chi connectivity index (χ0n) is 13.0. The van der Waals surface area contributed by atoms with Gasteiger partial charge in [-0.3, -0.25) is 0 Å². The van der Waals surface area contributed by atoms with Crippen LogP contribution in [0.5, 0.6) is 0 Å². The topological polar surface area (TPSA) is 73.7 Å². The summed E-state index contributed by atoms with van der Waals surface area (Å²) in [6, 6.07) is 3.31. The zero-order chi connectivity index (χ0) is 15.6. The summed E-state index contributed by atoms with van der Waals surface area (Å²) in [5, 5.41) is 18.3. The maximum Gasteiger partial charge on any atom is 0.335 e. The second-order valence-corrected chi connectivity index (χ2v) is 6.77. The van der Waals surface area contributed by atoms with Crippen molar-refractivity contribution in [1.29, 1.82) is 0 Å². The molecule has 2 heterocycles. The first-order valence-corrected chi connectivity index (χ1v) is 7.43. The van der Waals surface area contributed by atoms with Gasteiger partial charge >= 0.3 is 5.97 Å². The molecule has 0 amide bonds. The quantitative estimate of drug-likeness (QED) is 0.890. The van der Waals surface area contributed by atoms with E-state index in [4.69, 9.17) is 5.11 Å². The molecule has 1 unspecified atom stereocenters. The number of carboxylic acid groups (broad SMARTS) is 1. The first-order valence-electron chi connectivity index (χ1n) is 7.43. The molecule has 0 saturated carbocycles. The number of hydrogen-bond acceptors (Lipinski definition) is 4. The van der Waals surface area contributed by atoms with Crippen molar-refractivity contribution in [3.8, 4) is 0 Å². The van der Waals surface area contributed by atoms with Crippen LogP contribution in [0.3, 0.4) is 0 Å². The van der Waals surface area contributed by atoms with Crippen molar-refractivity contribution in [2.45, 2.75) is 39.0 Å². The lowest BCUT2D eigenvalue weighted by atomic mass is 9.90. The summed E-state index contributed by atoms with van der Waals surface area (Å²) in [6.07, 6.45) is 1.81. The van der Waals surface area contributed by atoms with Crippen molar-refractivity contribution >= 4 is 11.8 Å². The van der Waals surface area contributed by atoms with E-state index in [0.29, 0.717) is 5.92 Å². The van der Waals surface area contributed by atoms with Crippen LogP contribution in [0.2, 0.25) is 0 Å². The predicted molar refractivity (Wildman–Crippen MR) is 81.9 cm³/mol. The van der Waals surface area contributed by atoms with E-state index in [1.807, 2.05) is 20.8 Å². The lowest BCUT2D eigenvalue weighted by Crippen LogP contribution is -2.24. The monoisotopic (exact) mass is 292 g/mol. The minimum Gasteiger partial charge on any atom is -0.478 e. The molecule has 1 aromatic heterocycles. The van der Waals surface area contributed by atoms with Crippen LogP contribution in [0.4, 0.5) is 5.82 Å². The van der Waals surface area contributed by atoms with E-state index >= 15 is 0 Å².